The Morgan fingerprint density at radius 2 is 1.79 bits per heavy atom. The van der Waals surface area contributed by atoms with E-state index in [1.54, 1.807) is 6.92 Å². The first-order valence-electron chi connectivity index (χ1n) is 8.27. The van der Waals surface area contributed by atoms with Crippen LogP contribution in [0.5, 0.6) is 0 Å². The Kier molecular flexibility index (Phi) is 6.55. The zero-order valence-electron chi connectivity index (χ0n) is 14.3. The average molecular weight is 345 g/mol. The van der Waals surface area contributed by atoms with Gasteiger partial charge in [-0.15, -0.1) is 11.3 Å². The Balaban J connectivity index is 2.40. The van der Waals surface area contributed by atoms with E-state index >= 15 is 0 Å². The van der Waals surface area contributed by atoms with Gasteiger partial charge in [0.05, 0.1) is 6.61 Å². The number of amides is 1. The number of carbonyl (C=O) groups is 2. The quantitative estimate of drug-likeness (QED) is 0.721. The highest BCUT2D eigenvalue weighted by molar-refractivity contribution is 7.15. The third kappa shape index (κ3) is 4.03. The van der Waals surface area contributed by atoms with Gasteiger partial charge in [-0.1, -0.05) is 44.2 Å². The molecule has 4 nitrogen and oxygen atoms in total. The summed E-state index contributed by atoms with van der Waals surface area (Å²) >= 11 is 1.36. The van der Waals surface area contributed by atoms with Crippen LogP contribution in [-0.4, -0.2) is 18.5 Å². The van der Waals surface area contributed by atoms with E-state index in [0.29, 0.717) is 17.2 Å². The van der Waals surface area contributed by atoms with Crippen LogP contribution >= 0.6 is 11.3 Å². The molecule has 0 aliphatic rings. The molecule has 0 radical (unpaired) electrons. The molecule has 0 fully saturated rings. The van der Waals surface area contributed by atoms with E-state index in [1.807, 2.05) is 49.6 Å². The van der Waals surface area contributed by atoms with Crippen molar-refractivity contribution in [3.05, 3.63) is 41.3 Å². The van der Waals surface area contributed by atoms with Gasteiger partial charge in [0.25, 0.3) is 0 Å². The van der Waals surface area contributed by atoms with Crippen LogP contribution in [-0.2, 0) is 9.53 Å². The van der Waals surface area contributed by atoms with Crippen LogP contribution in [0, 0.1) is 5.92 Å². The number of benzene rings is 1. The number of esters is 1. The van der Waals surface area contributed by atoms with Crippen molar-refractivity contribution in [1.29, 1.82) is 0 Å². The zero-order chi connectivity index (χ0) is 17.5. The van der Waals surface area contributed by atoms with E-state index in [9.17, 15) is 9.59 Å². The minimum atomic E-state index is -0.405. The SMILES string of the molecule is CCOC(=O)c1c(-c2ccccc2)csc1NC(=O)C(CC)CC. The maximum Gasteiger partial charge on any atom is 0.341 e. The van der Waals surface area contributed by atoms with Crippen LogP contribution in [0.25, 0.3) is 11.1 Å². The molecule has 0 unspecified atom stereocenters. The fraction of sp³-hybridized carbons (Fsp3) is 0.368. The summed E-state index contributed by atoms with van der Waals surface area (Å²) in [5.74, 6) is -0.508. The molecule has 2 aromatic rings. The molecule has 0 aliphatic heterocycles. The Labute approximate surface area is 146 Å². The summed E-state index contributed by atoms with van der Waals surface area (Å²) in [7, 11) is 0. The zero-order valence-corrected chi connectivity index (χ0v) is 15.1. The van der Waals surface area contributed by atoms with Crippen LogP contribution < -0.4 is 5.32 Å². The Morgan fingerprint density at radius 1 is 1.12 bits per heavy atom. The maximum atomic E-state index is 12.4. The van der Waals surface area contributed by atoms with E-state index in [-0.39, 0.29) is 11.8 Å². The summed E-state index contributed by atoms with van der Waals surface area (Å²) in [4.78, 5) is 24.8. The molecule has 1 aromatic heterocycles. The first kappa shape index (κ1) is 18.2. The van der Waals surface area contributed by atoms with Crippen molar-refractivity contribution >= 4 is 28.2 Å². The molecule has 5 heteroatoms. The predicted molar refractivity (Wildman–Crippen MR) is 98.4 cm³/mol. The number of carbonyl (C=O) groups excluding carboxylic acids is 2. The topological polar surface area (TPSA) is 55.4 Å². The van der Waals surface area contributed by atoms with Gasteiger partial charge in [-0.3, -0.25) is 4.79 Å². The van der Waals surface area contributed by atoms with Crippen LogP contribution in [0.1, 0.15) is 44.0 Å². The van der Waals surface area contributed by atoms with Crippen LogP contribution in [0.2, 0.25) is 0 Å². The van der Waals surface area contributed by atoms with Gasteiger partial charge in [-0.25, -0.2) is 4.79 Å². The number of thiophene rings is 1. The lowest BCUT2D eigenvalue weighted by molar-refractivity contribution is -0.120. The second kappa shape index (κ2) is 8.64. The van der Waals surface area contributed by atoms with Gasteiger partial charge < -0.3 is 10.1 Å². The van der Waals surface area contributed by atoms with Gasteiger partial charge >= 0.3 is 5.97 Å². The summed E-state index contributed by atoms with van der Waals surface area (Å²) in [5.41, 5.74) is 2.16. The standard InChI is InChI=1S/C19H23NO3S/c1-4-13(5-2)17(21)20-18-16(19(22)23-6-3)15(12-24-18)14-10-8-7-9-11-14/h7-13H,4-6H2,1-3H3,(H,20,21). The highest BCUT2D eigenvalue weighted by Gasteiger charge is 2.24. The summed E-state index contributed by atoms with van der Waals surface area (Å²) in [6, 6.07) is 9.65. The fourth-order valence-corrected chi connectivity index (χ4v) is 3.52. The van der Waals surface area contributed by atoms with Crippen LogP contribution in [0.3, 0.4) is 0 Å². The lowest BCUT2D eigenvalue weighted by Gasteiger charge is -2.13. The van der Waals surface area contributed by atoms with Crippen molar-refractivity contribution in [3.63, 3.8) is 0 Å². The third-order valence-electron chi connectivity index (χ3n) is 3.95. The Bertz CT molecular complexity index is 690. The monoisotopic (exact) mass is 345 g/mol. The minimum absolute atomic E-state index is 0.0491. The molecule has 1 amide bonds. The Hall–Kier alpha value is -2.14. The van der Waals surface area contributed by atoms with Crippen molar-refractivity contribution in [1.82, 2.24) is 0 Å². The van der Waals surface area contributed by atoms with Gasteiger partial charge in [0.2, 0.25) is 5.91 Å². The van der Waals surface area contributed by atoms with Crippen molar-refractivity contribution < 1.29 is 14.3 Å². The van der Waals surface area contributed by atoms with E-state index in [0.717, 1.165) is 24.0 Å². The molecule has 0 saturated heterocycles. The second-order valence-corrected chi connectivity index (χ2v) is 6.32. The molecule has 0 aliphatic carbocycles. The van der Waals surface area contributed by atoms with Gasteiger partial charge in [0.15, 0.2) is 0 Å². The van der Waals surface area contributed by atoms with E-state index in [1.165, 1.54) is 11.3 Å². The van der Waals surface area contributed by atoms with E-state index in [2.05, 4.69) is 5.32 Å². The number of anilines is 1. The second-order valence-electron chi connectivity index (χ2n) is 5.44. The summed E-state index contributed by atoms with van der Waals surface area (Å²) in [5, 5.41) is 5.37. The molecule has 24 heavy (non-hydrogen) atoms. The highest BCUT2D eigenvalue weighted by atomic mass is 32.1. The predicted octanol–water partition coefficient (Wildman–Crippen LogP) is 4.97. The molecule has 0 atom stereocenters. The molecule has 0 bridgehead atoms. The van der Waals surface area contributed by atoms with Crippen molar-refractivity contribution in [3.8, 4) is 11.1 Å². The molecular weight excluding hydrogens is 322 g/mol. The van der Waals surface area contributed by atoms with E-state index < -0.39 is 5.97 Å². The number of nitrogens with one attached hydrogen (secondary N) is 1. The molecule has 0 spiro atoms. The minimum Gasteiger partial charge on any atom is -0.462 e. The summed E-state index contributed by atoms with van der Waals surface area (Å²) in [6.07, 6.45) is 1.54. The van der Waals surface area contributed by atoms with E-state index in [4.69, 9.17) is 4.74 Å². The molecular formula is C19H23NO3S. The lowest BCUT2D eigenvalue weighted by Crippen LogP contribution is -2.22. The third-order valence-corrected chi connectivity index (χ3v) is 4.84. The van der Waals surface area contributed by atoms with Gasteiger partial charge in [-0.2, -0.15) is 0 Å². The molecule has 1 N–H and O–H groups in total. The number of rotatable bonds is 7. The van der Waals surface area contributed by atoms with Gasteiger partial charge in [-0.05, 0) is 25.3 Å². The maximum absolute atomic E-state index is 12.4. The van der Waals surface area contributed by atoms with Crippen molar-refractivity contribution in [2.45, 2.75) is 33.6 Å². The van der Waals surface area contributed by atoms with Crippen molar-refractivity contribution in [2.24, 2.45) is 5.92 Å². The van der Waals surface area contributed by atoms with Crippen molar-refractivity contribution in [2.75, 3.05) is 11.9 Å². The van der Waals surface area contributed by atoms with Gasteiger partial charge in [0, 0.05) is 16.9 Å². The smallest absolute Gasteiger partial charge is 0.341 e. The first-order valence-corrected chi connectivity index (χ1v) is 9.15. The molecule has 2 rings (SSSR count). The molecule has 0 saturated carbocycles. The summed E-state index contributed by atoms with van der Waals surface area (Å²) in [6.45, 7) is 6.05. The normalized spacial score (nSPS) is 10.7. The number of hydrogen-bond acceptors (Lipinski definition) is 4. The molecule has 1 aromatic carbocycles. The molecule has 1 heterocycles. The van der Waals surface area contributed by atoms with Gasteiger partial charge in [0.1, 0.15) is 10.6 Å². The Morgan fingerprint density at radius 3 is 2.38 bits per heavy atom. The van der Waals surface area contributed by atoms with Crippen LogP contribution in [0.15, 0.2) is 35.7 Å². The lowest BCUT2D eigenvalue weighted by atomic mass is 10.0. The summed E-state index contributed by atoms with van der Waals surface area (Å²) < 4.78 is 5.20. The number of ether oxygens (including phenoxy) is 1. The number of hydrogen-bond donors (Lipinski definition) is 1. The van der Waals surface area contributed by atoms with Crippen LogP contribution in [0.4, 0.5) is 5.00 Å². The molecule has 128 valence electrons. The first-order chi connectivity index (χ1) is 11.6. The average Bonchev–Trinajstić information content (AvgIpc) is 3.00. The largest absolute Gasteiger partial charge is 0.462 e. The fourth-order valence-electron chi connectivity index (χ4n) is 2.56. The highest BCUT2D eigenvalue weighted by Crippen LogP contribution is 2.36.